The summed E-state index contributed by atoms with van der Waals surface area (Å²) in [5, 5.41) is 0.854. The molecule has 1 aromatic rings. The third kappa shape index (κ3) is 1.79. The number of carbonyl (C=O) groups excluding carboxylic acids is 1. The van der Waals surface area contributed by atoms with Crippen LogP contribution in [-0.4, -0.2) is 29.4 Å². The molecule has 0 aliphatic rings. The van der Waals surface area contributed by atoms with Crippen molar-refractivity contribution in [2.45, 2.75) is 6.92 Å². The molecule has 5 heteroatoms. The molecule has 0 saturated carbocycles. The summed E-state index contributed by atoms with van der Waals surface area (Å²) in [5.41, 5.74) is 0.182. The van der Waals surface area contributed by atoms with Gasteiger partial charge in [0.15, 0.2) is 0 Å². The fourth-order valence-corrected chi connectivity index (χ4v) is 1.20. The van der Waals surface area contributed by atoms with E-state index < -0.39 is 5.26 Å². The number of carbonyl (C=O) groups is 1. The molecule has 0 saturated heterocycles. The second-order valence-corrected chi connectivity index (χ2v) is 3.11. The van der Waals surface area contributed by atoms with E-state index in [9.17, 15) is 9.18 Å². The maximum absolute atomic E-state index is 12.4. The van der Waals surface area contributed by atoms with E-state index in [1.54, 1.807) is 7.05 Å². The smallest absolute Gasteiger partial charge is 0.273 e. The third-order valence-electron chi connectivity index (χ3n) is 1.52. The molecular weight excluding hydrogens is 179 g/mol. The first-order valence-electron chi connectivity index (χ1n) is 3.51. The number of aromatic nitrogens is 1. The predicted molar refractivity (Wildman–Crippen MR) is 44.7 cm³/mol. The van der Waals surface area contributed by atoms with Gasteiger partial charge in [-0.15, -0.1) is 0 Å². The van der Waals surface area contributed by atoms with E-state index in [0.29, 0.717) is 6.54 Å². The zero-order valence-corrected chi connectivity index (χ0v) is 7.69. The van der Waals surface area contributed by atoms with Gasteiger partial charge in [0.1, 0.15) is 5.69 Å². The highest BCUT2D eigenvalue weighted by Crippen LogP contribution is 2.08. The largest absolute Gasteiger partial charge is 0.341 e. The Kier molecular flexibility index (Phi) is 2.75. The summed E-state index contributed by atoms with van der Waals surface area (Å²) in [5.74, 6) is -0.238. The normalized spacial score (nSPS) is 9.92. The van der Waals surface area contributed by atoms with Gasteiger partial charge in [-0.1, -0.05) is 11.3 Å². The van der Waals surface area contributed by atoms with Gasteiger partial charge in [0, 0.05) is 19.0 Å². The number of hydrogen-bond acceptors (Lipinski definition) is 3. The monoisotopic (exact) mass is 188 g/mol. The molecule has 0 radical (unpaired) electrons. The van der Waals surface area contributed by atoms with Crippen LogP contribution in [0.3, 0.4) is 0 Å². The van der Waals surface area contributed by atoms with Gasteiger partial charge in [0.2, 0.25) is 0 Å². The summed E-state index contributed by atoms with van der Waals surface area (Å²) >= 11 is 0.835. The van der Waals surface area contributed by atoms with Crippen LogP contribution in [0, 0.1) is 5.26 Å². The van der Waals surface area contributed by atoms with E-state index in [4.69, 9.17) is 0 Å². The molecule has 1 aromatic heterocycles. The van der Waals surface area contributed by atoms with E-state index in [1.165, 1.54) is 10.3 Å². The quantitative estimate of drug-likeness (QED) is 0.702. The van der Waals surface area contributed by atoms with E-state index in [1.807, 2.05) is 6.92 Å². The molecule has 0 fully saturated rings. The average molecular weight is 188 g/mol. The summed E-state index contributed by atoms with van der Waals surface area (Å²) in [6.07, 6.45) is 0. The maximum atomic E-state index is 12.4. The first kappa shape index (κ1) is 9.12. The molecular formula is C7H9FN2OS. The van der Waals surface area contributed by atoms with Crippen molar-refractivity contribution in [2.75, 3.05) is 13.6 Å². The second-order valence-electron chi connectivity index (χ2n) is 2.31. The molecule has 1 amide bonds. The Morgan fingerprint density at radius 1 is 1.83 bits per heavy atom. The SMILES string of the molecule is CCN(C)C(=O)c1csc(F)n1. The van der Waals surface area contributed by atoms with Gasteiger partial charge in [-0.25, -0.2) is 4.98 Å². The summed E-state index contributed by atoms with van der Waals surface area (Å²) < 4.78 is 12.4. The van der Waals surface area contributed by atoms with Crippen LogP contribution in [-0.2, 0) is 0 Å². The maximum Gasteiger partial charge on any atom is 0.273 e. The van der Waals surface area contributed by atoms with Crippen molar-refractivity contribution in [2.24, 2.45) is 0 Å². The van der Waals surface area contributed by atoms with Crippen LogP contribution in [0.15, 0.2) is 5.38 Å². The molecule has 1 heterocycles. The van der Waals surface area contributed by atoms with Gasteiger partial charge < -0.3 is 4.90 Å². The fourth-order valence-electron chi connectivity index (χ4n) is 0.689. The molecule has 0 atom stereocenters. The van der Waals surface area contributed by atoms with Gasteiger partial charge in [-0.2, -0.15) is 4.39 Å². The molecule has 1 rings (SSSR count). The van der Waals surface area contributed by atoms with Crippen molar-refractivity contribution < 1.29 is 9.18 Å². The molecule has 0 aromatic carbocycles. The molecule has 0 bridgehead atoms. The number of rotatable bonds is 2. The molecule has 0 aliphatic heterocycles. The van der Waals surface area contributed by atoms with E-state index >= 15 is 0 Å². The topological polar surface area (TPSA) is 33.2 Å². The fraction of sp³-hybridized carbons (Fsp3) is 0.429. The minimum absolute atomic E-state index is 0.182. The number of thiazole rings is 1. The lowest BCUT2D eigenvalue weighted by Crippen LogP contribution is -2.26. The number of nitrogens with zero attached hydrogens (tertiary/aromatic N) is 2. The zero-order valence-electron chi connectivity index (χ0n) is 6.87. The van der Waals surface area contributed by atoms with Gasteiger partial charge in [-0.3, -0.25) is 4.79 Å². The van der Waals surface area contributed by atoms with E-state index in [2.05, 4.69) is 4.98 Å². The van der Waals surface area contributed by atoms with Crippen LogP contribution in [0.4, 0.5) is 4.39 Å². The molecule has 0 spiro atoms. The van der Waals surface area contributed by atoms with Crippen LogP contribution >= 0.6 is 11.3 Å². The second kappa shape index (κ2) is 3.62. The molecule has 3 nitrogen and oxygen atoms in total. The minimum atomic E-state index is -0.567. The zero-order chi connectivity index (χ0) is 9.14. The van der Waals surface area contributed by atoms with Crippen LogP contribution in [0.5, 0.6) is 0 Å². The van der Waals surface area contributed by atoms with Gasteiger partial charge in [0.05, 0.1) is 0 Å². The molecule has 66 valence electrons. The Balaban J connectivity index is 2.78. The van der Waals surface area contributed by atoms with Crippen molar-refractivity contribution in [3.8, 4) is 0 Å². The lowest BCUT2D eigenvalue weighted by atomic mass is 10.4. The Morgan fingerprint density at radius 3 is 2.92 bits per heavy atom. The third-order valence-corrected chi connectivity index (χ3v) is 2.14. The Hall–Kier alpha value is -0.970. The Bertz CT molecular complexity index is 287. The van der Waals surface area contributed by atoms with Crippen molar-refractivity contribution in [1.82, 2.24) is 9.88 Å². The molecule has 0 N–H and O–H groups in total. The standard InChI is InChI=1S/C7H9FN2OS/c1-3-10(2)6(11)5-4-12-7(8)9-5/h4H,3H2,1-2H3. The van der Waals surface area contributed by atoms with Crippen LogP contribution < -0.4 is 0 Å². The molecule has 0 unspecified atom stereocenters. The average Bonchev–Trinajstić information content (AvgIpc) is 2.49. The number of amides is 1. The first-order valence-corrected chi connectivity index (χ1v) is 4.39. The highest BCUT2D eigenvalue weighted by atomic mass is 32.1. The minimum Gasteiger partial charge on any atom is -0.341 e. The van der Waals surface area contributed by atoms with Gasteiger partial charge >= 0.3 is 0 Å². The van der Waals surface area contributed by atoms with Gasteiger partial charge in [-0.05, 0) is 6.92 Å². The lowest BCUT2D eigenvalue weighted by molar-refractivity contribution is 0.0796. The van der Waals surface area contributed by atoms with Gasteiger partial charge in [0.25, 0.3) is 11.2 Å². The highest BCUT2D eigenvalue weighted by Gasteiger charge is 2.13. The predicted octanol–water partition coefficient (Wildman–Crippen LogP) is 1.37. The van der Waals surface area contributed by atoms with Crippen molar-refractivity contribution in [3.63, 3.8) is 0 Å². The lowest BCUT2D eigenvalue weighted by Gasteiger charge is -2.11. The summed E-state index contributed by atoms with van der Waals surface area (Å²) in [6.45, 7) is 2.44. The molecule has 0 aliphatic carbocycles. The molecule has 12 heavy (non-hydrogen) atoms. The Morgan fingerprint density at radius 2 is 2.50 bits per heavy atom. The Labute approximate surface area is 73.8 Å². The van der Waals surface area contributed by atoms with Crippen LogP contribution in [0.2, 0.25) is 0 Å². The number of hydrogen-bond donors (Lipinski definition) is 0. The van der Waals surface area contributed by atoms with Crippen molar-refractivity contribution in [3.05, 3.63) is 16.3 Å². The van der Waals surface area contributed by atoms with E-state index in [-0.39, 0.29) is 11.6 Å². The van der Waals surface area contributed by atoms with Crippen LogP contribution in [0.1, 0.15) is 17.4 Å². The summed E-state index contributed by atoms with van der Waals surface area (Å²) in [7, 11) is 1.65. The summed E-state index contributed by atoms with van der Waals surface area (Å²) in [4.78, 5) is 16.2. The van der Waals surface area contributed by atoms with Crippen molar-refractivity contribution in [1.29, 1.82) is 0 Å². The number of halogens is 1. The van der Waals surface area contributed by atoms with E-state index in [0.717, 1.165) is 11.3 Å². The van der Waals surface area contributed by atoms with Crippen molar-refractivity contribution >= 4 is 17.2 Å². The first-order chi connectivity index (χ1) is 5.65. The van der Waals surface area contributed by atoms with Crippen LogP contribution in [0.25, 0.3) is 0 Å². The summed E-state index contributed by atoms with van der Waals surface area (Å²) in [6, 6.07) is 0. The highest BCUT2D eigenvalue weighted by molar-refractivity contribution is 7.08.